The Bertz CT molecular complexity index is 1220. The summed E-state index contributed by atoms with van der Waals surface area (Å²) < 4.78 is 57.1. The van der Waals surface area contributed by atoms with Gasteiger partial charge in [-0.1, -0.05) is 44.2 Å². The molecule has 1 fully saturated rings. The second-order valence-corrected chi connectivity index (χ2v) is 13.7. The van der Waals surface area contributed by atoms with Crippen LogP contribution in [0.3, 0.4) is 0 Å². The van der Waals surface area contributed by atoms with Crippen LogP contribution >= 0.6 is 7.60 Å². The number of hydrogen-bond donors (Lipinski definition) is 2. The van der Waals surface area contributed by atoms with Crippen LogP contribution in [0.5, 0.6) is 0 Å². The molecule has 1 aliphatic rings. The molecule has 2 aromatic carbocycles. The molecule has 4 atom stereocenters. The Hall–Kier alpha value is -1.47. The molecular weight excluding hydrogens is 568 g/mol. The monoisotopic (exact) mass is 605 g/mol. The molecule has 14 heteroatoms. The van der Waals surface area contributed by atoms with Crippen molar-refractivity contribution in [3.05, 3.63) is 60.2 Å². The summed E-state index contributed by atoms with van der Waals surface area (Å²) in [5, 5.41) is 2.73. The van der Waals surface area contributed by atoms with Crippen LogP contribution in [-0.4, -0.2) is 70.0 Å². The minimum Gasteiger partial charge on any atom is -0.779 e. The van der Waals surface area contributed by atoms with Crippen LogP contribution in [0.2, 0.25) is 0 Å². The molecule has 1 amide bonds. The van der Waals surface area contributed by atoms with E-state index in [0.717, 1.165) is 12.2 Å². The van der Waals surface area contributed by atoms with E-state index in [4.69, 9.17) is 19.7 Å². The average Bonchev–Trinajstić information content (AvgIpc) is 3.35. The number of nitrogens with two attached hydrogens (primary N) is 1. The number of hydrogen-bond acceptors (Lipinski definition) is 9. The maximum atomic E-state index is 13.7. The van der Waals surface area contributed by atoms with Crippen molar-refractivity contribution < 1.29 is 66.2 Å². The molecule has 0 radical (unpaired) electrons. The van der Waals surface area contributed by atoms with Crippen LogP contribution in [-0.2, 0) is 35.0 Å². The Morgan fingerprint density at radius 2 is 1.82 bits per heavy atom. The molecule has 2 aromatic rings. The normalized spacial score (nSPS) is 18.5. The number of nitrogen functional groups attached to an aromatic ring is 1. The molecule has 216 valence electrons. The van der Waals surface area contributed by atoms with Crippen molar-refractivity contribution in [3.63, 3.8) is 0 Å². The number of ether oxygens (including phenoxy) is 2. The van der Waals surface area contributed by atoms with Gasteiger partial charge in [-0.2, -0.15) is 4.31 Å². The van der Waals surface area contributed by atoms with E-state index in [1.54, 1.807) is 0 Å². The van der Waals surface area contributed by atoms with Gasteiger partial charge in [-0.15, -0.1) is 0 Å². The molecule has 0 bridgehead atoms. The van der Waals surface area contributed by atoms with Crippen molar-refractivity contribution in [1.82, 2.24) is 9.62 Å². The molecule has 3 rings (SSSR count). The summed E-state index contributed by atoms with van der Waals surface area (Å²) in [6.45, 7) is 5.09. The molecule has 0 spiro atoms. The number of anilines is 1. The van der Waals surface area contributed by atoms with Crippen LogP contribution in [0.4, 0.5) is 10.5 Å². The second-order valence-electron chi connectivity index (χ2n) is 10.0. The fourth-order valence-electron chi connectivity index (χ4n) is 4.23. The predicted octanol–water partition coefficient (Wildman–Crippen LogP) is -0.386. The first kappa shape index (κ1) is 34.7. The first-order valence-electron chi connectivity index (χ1n) is 12.7. The van der Waals surface area contributed by atoms with Gasteiger partial charge in [-0.05, 0) is 42.2 Å². The summed E-state index contributed by atoms with van der Waals surface area (Å²) in [7, 11) is -8.45. The maximum absolute atomic E-state index is 13.7. The van der Waals surface area contributed by atoms with Crippen LogP contribution < -0.4 is 45.5 Å². The number of nitrogens with zero attached hydrogens (tertiary/aromatic N) is 1. The molecule has 0 saturated carbocycles. The number of carbonyl (C=O) groups is 1. The van der Waals surface area contributed by atoms with Crippen molar-refractivity contribution in [2.24, 2.45) is 5.92 Å². The molecule has 3 N–H and O–H groups in total. The number of nitrogens with one attached hydrogen (secondary N) is 1. The van der Waals surface area contributed by atoms with Crippen LogP contribution in [0.1, 0.15) is 25.8 Å². The molecule has 1 saturated heterocycles. The first-order valence-corrected chi connectivity index (χ1v) is 16.2. The minimum absolute atomic E-state index is 0. The van der Waals surface area contributed by atoms with Gasteiger partial charge in [0.2, 0.25) is 10.0 Å². The van der Waals surface area contributed by atoms with E-state index in [1.807, 2.05) is 44.2 Å². The van der Waals surface area contributed by atoms with Gasteiger partial charge in [0.15, 0.2) is 0 Å². The third kappa shape index (κ3) is 11.1. The first-order chi connectivity index (χ1) is 18.3. The van der Waals surface area contributed by atoms with E-state index in [9.17, 15) is 22.7 Å². The summed E-state index contributed by atoms with van der Waals surface area (Å²) in [6, 6.07) is 13.9. The molecule has 1 unspecified atom stereocenters. The SMILES string of the molecule is CC(C)CN(C[C@@H](OP(C)(=O)[O-])[C@H](Cc1ccccc1)NC(=O)O[C@H]1CCOC1)S(=O)(=O)c1ccc(N)cc1.[Na+]. The third-order valence-electron chi connectivity index (χ3n) is 6.01. The van der Waals surface area contributed by atoms with Gasteiger partial charge in [0.25, 0.3) is 0 Å². The van der Waals surface area contributed by atoms with Gasteiger partial charge >= 0.3 is 35.7 Å². The van der Waals surface area contributed by atoms with Gasteiger partial charge in [0, 0.05) is 31.9 Å². The van der Waals surface area contributed by atoms with Gasteiger partial charge in [-0.25, -0.2) is 13.2 Å². The number of carbonyl (C=O) groups excluding carboxylic acids is 1. The maximum Gasteiger partial charge on any atom is 1.00 e. The molecule has 11 nitrogen and oxygen atoms in total. The van der Waals surface area contributed by atoms with Crippen molar-refractivity contribution in [2.75, 3.05) is 38.7 Å². The van der Waals surface area contributed by atoms with E-state index in [-0.39, 0.29) is 66.5 Å². The van der Waals surface area contributed by atoms with Crippen LogP contribution in [0.15, 0.2) is 59.5 Å². The second kappa shape index (κ2) is 15.7. The Morgan fingerprint density at radius 1 is 1.18 bits per heavy atom. The Balaban J connectivity index is 0.00000560. The van der Waals surface area contributed by atoms with Gasteiger partial charge in [0.05, 0.1) is 30.3 Å². The Morgan fingerprint density at radius 3 is 2.38 bits per heavy atom. The molecule has 1 heterocycles. The zero-order valence-electron chi connectivity index (χ0n) is 23.4. The number of benzene rings is 2. The average molecular weight is 606 g/mol. The van der Waals surface area contributed by atoms with E-state index in [2.05, 4.69) is 5.32 Å². The quantitative estimate of drug-likeness (QED) is 0.176. The van der Waals surface area contributed by atoms with E-state index >= 15 is 0 Å². The zero-order valence-corrected chi connectivity index (χ0v) is 27.1. The number of sulfonamides is 1. The molecule has 40 heavy (non-hydrogen) atoms. The van der Waals surface area contributed by atoms with Crippen molar-refractivity contribution in [3.8, 4) is 0 Å². The topological polar surface area (TPSA) is 160 Å². The summed E-state index contributed by atoms with van der Waals surface area (Å²) in [6.07, 6.45) is -1.74. The van der Waals surface area contributed by atoms with Gasteiger partial charge in [-0.3, -0.25) is 0 Å². The predicted molar refractivity (Wildman–Crippen MR) is 146 cm³/mol. The summed E-state index contributed by atoms with van der Waals surface area (Å²) in [5.41, 5.74) is 6.93. The van der Waals surface area contributed by atoms with E-state index < -0.39 is 42.0 Å². The number of amides is 1. The largest absolute Gasteiger partial charge is 1.00 e. The van der Waals surface area contributed by atoms with Gasteiger partial charge < -0.3 is 34.5 Å². The number of rotatable bonds is 13. The van der Waals surface area contributed by atoms with Crippen molar-refractivity contribution in [2.45, 2.75) is 49.8 Å². The Labute approximate surface area is 258 Å². The molecule has 0 aromatic heterocycles. The zero-order chi connectivity index (χ0) is 28.6. The number of alkyl carbamates (subject to hydrolysis) is 1. The molecular formula is C26H37N3NaO8PS. The van der Waals surface area contributed by atoms with E-state index in [1.165, 1.54) is 28.6 Å². The van der Waals surface area contributed by atoms with Crippen LogP contribution in [0, 0.1) is 5.92 Å². The van der Waals surface area contributed by atoms with Crippen molar-refractivity contribution in [1.29, 1.82) is 0 Å². The fourth-order valence-corrected chi connectivity index (χ4v) is 6.55. The molecule has 0 aliphatic carbocycles. The van der Waals surface area contributed by atoms with Gasteiger partial charge in [0.1, 0.15) is 13.7 Å². The Kier molecular flexibility index (Phi) is 13.6. The summed E-state index contributed by atoms with van der Waals surface area (Å²) in [5.74, 6) is -0.0947. The summed E-state index contributed by atoms with van der Waals surface area (Å²) >= 11 is 0. The fraction of sp³-hybridized carbons (Fsp3) is 0.500. The smallest absolute Gasteiger partial charge is 0.779 e. The van der Waals surface area contributed by atoms with Crippen molar-refractivity contribution >= 4 is 29.4 Å². The van der Waals surface area contributed by atoms with E-state index in [0.29, 0.717) is 18.7 Å². The molecule has 1 aliphatic heterocycles. The minimum atomic E-state index is -4.37. The third-order valence-corrected chi connectivity index (χ3v) is 8.51. The van der Waals surface area contributed by atoms with Crippen LogP contribution in [0.25, 0.3) is 0 Å². The summed E-state index contributed by atoms with van der Waals surface area (Å²) in [4.78, 5) is 25.2. The standard InChI is InChI=1S/C26H38N3O8PS.Na/c1-19(2)16-29(39(33,34)23-11-9-21(27)10-12-23)17-25(37-38(3,31)32)24(15-20-7-5-4-6-8-20)28-26(30)36-22-13-14-35-18-22;/h4-12,19,22,24-25H,13-18,27H2,1-3H3,(H,28,30)(H,31,32);/q;+1/p-1/t22-,24-,25+;/m0./s1.